The summed E-state index contributed by atoms with van der Waals surface area (Å²) in [7, 11) is 0. The number of terminal acetylenes is 1. The number of H-pyrrole nitrogens is 1. The Bertz CT molecular complexity index is 1400. The Labute approximate surface area is 217 Å². The predicted octanol–water partition coefficient (Wildman–Crippen LogP) is 0.790. The van der Waals surface area contributed by atoms with Crippen LogP contribution in [-0.4, -0.2) is 55.4 Å². The number of aliphatic carboxylic acids is 1. The highest BCUT2D eigenvalue weighted by Gasteiger charge is 2.21. The lowest BCUT2D eigenvalue weighted by Crippen LogP contribution is -2.41. The number of aromatic nitrogens is 4. The quantitative estimate of drug-likeness (QED) is 0.138. The zero-order chi connectivity index (χ0) is 27.5. The lowest BCUT2D eigenvalue weighted by Gasteiger charge is -2.15. The summed E-state index contributed by atoms with van der Waals surface area (Å²) < 4.78 is 0. The maximum absolute atomic E-state index is 12.6. The van der Waals surface area contributed by atoms with E-state index < -0.39 is 23.5 Å². The van der Waals surface area contributed by atoms with Crippen molar-refractivity contribution in [1.29, 1.82) is 0 Å². The normalized spacial score (nSPS) is 11.3. The molecule has 0 unspecified atom stereocenters. The van der Waals surface area contributed by atoms with E-state index in [4.69, 9.17) is 12.2 Å². The van der Waals surface area contributed by atoms with Gasteiger partial charge in [-0.1, -0.05) is 0 Å². The number of benzene rings is 1. The molecule has 13 nitrogen and oxygen atoms in total. The zero-order valence-corrected chi connectivity index (χ0v) is 20.5. The van der Waals surface area contributed by atoms with Crippen LogP contribution in [-0.2, 0) is 16.1 Å². The first-order valence-corrected chi connectivity index (χ1v) is 11.9. The first kappa shape index (κ1) is 27.6. The zero-order valence-electron chi connectivity index (χ0n) is 20.5. The standard InChI is InChI=1S/C25H28N8O5/c1-2-3-4-5-12-27-19(34)11-10-18(24(37)38)31-22(35)15-6-8-16(9-7-15)28-13-17-14-29-21-20(30-17)23(36)33-25(26)32-21/h1,6-9,14,18,28H,3-5,10-13H2,(H,27,34)(H,31,35)(H,37,38)(H3,26,29,32,33,36)/t18-/m0/s1. The topological polar surface area (TPSA) is 205 Å². The number of carboxylic acid groups (broad SMARTS) is 1. The summed E-state index contributed by atoms with van der Waals surface area (Å²) in [5.41, 5.74) is 6.60. The van der Waals surface area contributed by atoms with E-state index in [2.05, 4.69) is 41.8 Å². The number of carboxylic acids is 1. The maximum atomic E-state index is 12.6. The van der Waals surface area contributed by atoms with Crippen LogP contribution in [0.5, 0.6) is 0 Å². The van der Waals surface area contributed by atoms with Crippen molar-refractivity contribution < 1.29 is 19.5 Å². The summed E-state index contributed by atoms with van der Waals surface area (Å²) in [4.78, 5) is 62.7. The molecule has 0 radical (unpaired) electrons. The highest BCUT2D eigenvalue weighted by atomic mass is 16.4. The molecule has 1 atom stereocenters. The van der Waals surface area contributed by atoms with E-state index in [1.807, 2.05) is 0 Å². The summed E-state index contributed by atoms with van der Waals surface area (Å²) in [5.74, 6) is 0.378. The van der Waals surface area contributed by atoms with E-state index in [0.717, 1.165) is 12.8 Å². The number of amides is 2. The van der Waals surface area contributed by atoms with Gasteiger partial charge in [0, 0.05) is 30.6 Å². The van der Waals surface area contributed by atoms with Crippen LogP contribution in [0, 0.1) is 12.3 Å². The molecule has 0 aliphatic heterocycles. The molecule has 1 aromatic carbocycles. The van der Waals surface area contributed by atoms with Gasteiger partial charge in [-0.05, 0) is 43.5 Å². The number of carbonyl (C=O) groups is 3. The molecule has 0 aliphatic carbocycles. The minimum absolute atomic E-state index is 0.0395. The van der Waals surface area contributed by atoms with Crippen molar-refractivity contribution in [3.05, 3.63) is 52.1 Å². The fraction of sp³-hybridized carbons (Fsp3) is 0.320. The van der Waals surface area contributed by atoms with Crippen LogP contribution in [0.1, 0.15) is 48.2 Å². The Balaban J connectivity index is 1.50. The Morgan fingerprint density at radius 2 is 1.92 bits per heavy atom. The van der Waals surface area contributed by atoms with Crippen molar-refractivity contribution in [2.45, 2.75) is 44.7 Å². The van der Waals surface area contributed by atoms with Crippen LogP contribution in [0.2, 0.25) is 0 Å². The second-order valence-electron chi connectivity index (χ2n) is 8.33. The van der Waals surface area contributed by atoms with E-state index in [1.54, 1.807) is 12.1 Å². The number of hydrogen-bond donors (Lipinski definition) is 6. The third-order valence-corrected chi connectivity index (χ3v) is 5.44. The molecule has 2 heterocycles. The molecule has 0 spiro atoms. The molecule has 3 rings (SSSR count). The van der Waals surface area contributed by atoms with Gasteiger partial charge < -0.3 is 26.8 Å². The van der Waals surface area contributed by atoms with E-state index in [1.165, 1.54) is 18.3 Å². The Kier molecular flexibility index (Phi) is 9.70. The number of nitrogen functional groups attached to an aromatic ring is 1. The lowest BCUT2D eigenvalue weighted by molar-refractivity contribution is -0.139. The van der Waals surface area contributed by atoms with E-state index in [0.29, 0.717) is 24.3 Å². The van der Waals surface area contributed by atoms with Crippen LogP contribution in [0.3, 0.4) is 0 Å². The SMILES string of the molecule is C#CCCCCNC(=O)CC[C@H](NC(=O)c1ccc(NCc2cnc3nc(N)[nH]c(=O)c3n2)cc1)C(=O)O. The van der Waals surface area contributed by atoms with Crippen molar-refractivity contribution in [3.8, 4) is 12.3 Å². The summed E-state index contributed by atoms with van der Waals surface area (Å²) in [6.45, 7) is 0.703. The minimum Gasteiger partial charge on any atom is -0.480 e. The summed E-state index contributed by atoms with van der Waals surface area (Å²) >= 11 is 0. The smallest absolute Gasteiger partial charge is 0.326 e. The van der Waals surface area contributed by atoms with Gasteiger partial charge in [0.2, 0.25) is 11.9 Å². The average molecular weight is 521 g/mol. The summed E-state index contributed by atoms with van der Waals surface area (Å²) in [5, 5.41) is 17.7. The van der Waals surface area contributed by atoms with Crippen molar-refractivity contribution in [1.82, 2.24) is 30.6 Å². The van der Waals surface area contributed by atoms with Crippen molar-refractivity contribution >= 4 is 40.6 Å². The fourth-order valence-corrected chi connectivity index (χ4v) is 3.43. The average Bonchev–Trinajstić information content (AvgIpc) is 2.89. The molecule has 0 saturated heterocycles. The second-order valence-corrected chi connectivity index (χ2v) is 8.33. The molecule has 0 saturated carbocycles. The number of hydrogen-bond acceptors (Lipinski definition) is 9. The third-order valence-electron chi connectivity index (χ3n) is 5.44. The van der Waals surface area contributed by atoms with Gasteiger partial charge in [0.05, 0.1) is 18.4 Å². The van der Waals surface area contributed by atoms with Gasteiger partial charge in [0.15, 0.2) is 11.2 Å². The molecule has 0 aliphatic rings. The monoisotopic (exact) mass is 520 g/mol. The molecule has 13 heteroatoms. The molecule has 2 amide bonds. The lowest BCUT2D eigenvalue weighted by atomic mass is 10.1. The number of nitrogens with one attached hydrogen (secondary N) is 4. The number of fused-ring (bicyclic) bond motifs is 1. The number of rotatable bonds is 13. The molecule has 198 valence electrons. The molecular formula is C25H28N8O5. The maximum Gasteiger partial charge on any atom is 0.326 e. The van der Waals surface area contributed by atoms with Gasteiger partial charge in [-0.15, -0.1) is 12.3 Å². The molecule has 38 heavy (non-hydrogen) atoms. The molecular weight excluding hydrogens is 492 g/mol. The van der Waals surface area contributed by atoms with Gasteiger partial charge in [-0.3, -0.25) is 19.4 Å². The molecule has 3 aromatic rings. The van der Waals surface area contributed by atoms with Crippen molar-refractivity contribution in [2.24, 2.45) is 0 Å². The fourth-order valence-electron chi connectivity index (χ4n) is 3.43. The second kappa shape index (κ2) is 13.4. The predicted molar refractivity (Wildman–Crippen MR) is 140 cm³/mol. The minimum atomic E-state index is -1.23. The van der Waals surface area contributed by atoms with Gasteiger partial charge >= 0.3 is 5.97 Å². The number of aromatic amines is 1. The Hall–Kier alpha value is -4.99. The van der Waals surface area contributed by atoms with Crippen LogP contribution in [0.25, 0.3) is 11.2 Å². The van der Waals surface area contributed by atoms with Crippen molar-refractivity contribution in [2.75, 3.05) is 17.6 Å². The Morgan fingerprint density at radius 1 is 1.16 bits per heavy atom. The molecule has 0 fully saturated rings. The van der Waals surface area contributed by atoms with E-state index >= 15 is 0 Å². The number of unbranched alkanes of at least 4 members (excludes halogenated alkanes) is 2. The number of nitrogens with two attached hydrogens (primary N) is 1. The van der Waals surface area contributed by atoms with Crippen molar-refractivity contribution in [3.63, 3.8) is 0 Å². The highest BCUT2D eigenvalue weighted by molar-refractivity contribution is 5.97. The van der Waals surface area contributed by atoms with Crippen LogP contribution >= 0.6 is 0 Å². The first-order chi connectivity index (χ1) is 18.3. The van der Waals surface area contributed by atoms with E-state index in [9.17, 15) is 24.3 Å². The molecule has 7 N–H and O–H groups in total. The first-order valence-electron chi connectivity index (χ1n) is 11.9. The number of anilines is 2. The highest BCUT2D eigenvalue weighted by Crippen LogP contribution is 2.12. The number of carbonyl (C=O) groups excluding carboxylic acids is 2. The Morgan fingerprint density at radius 3 is 2.63 bits per heavy atom. The van der Waals surface area contributed by atoms with Gasteiger partial charge in [0.1, 0.15) is 6.04 Å². The van der Waals surface area contributed by atoms with Gasteiger partial charge in [-0.2, -0.15) is 4.98 Å². The van der Waals surface area contributed by atoms with Crippen LogP contribution in [0.4, 0.5) is 11.6 Å². The van der Waals surface area contributed by atoms with E-state index in [-0.39, 0.29) is 48.0 Å². The van der Waals surface area contributed by atoms with Crippen LogP contribution in [0.15, 0.2) is 35.3 Å². The molecule has 0 bridgehead atoms. The number of nitrogens with zero attached hydrogens (tertiary/aromatic N) is 3. The van der Waals surface area contributed by atoms with Gasteiger partial charge in [0.25, 0.3) is 11.5 Å². The van der Waals surface area contributed by atoms with Crippen LogP contribution < -0.4 is 27.2 Å². The largest absolute Gasteiger partial charge is 0.480 e. The van der Waals surface area contributed by atoms with Gasteiger partial charge in [-0.25, -0.2) is 14.8 Å². The summed E-state index contributed by atoms with van der Waals surface area (Å²) in [6.07, 6.45) is 8.73. The summed E-state index contributed by atoms with van der Waals surface area (Å²) in [6, 6.07) is 5.13. The molecule has 2 aromatic heterocycles. The third kappa shape index (κ3) is 8.02.